The lowest BCUT2D eigenvalue weighted by Gasteiger charge is -2.28. The van der Waals surface area contributed by atoms with Crippen LogP contribution in [0.5, 0.6) is 0 Å². The normalized spacial score (nSPS) is 15.0. The number of aliphatic hydroxyl groups is 1. The minimum absolute atomic E-state index is 0.0684. The van der Waals surface area contributed by atoms with E-state index in [1.54, 1.807) is 24.7 Å². The van der Waals surface area contributed by atoms with Gasteiger partial charge in [0.15, 0.2) is 0 Å². The highest BCUT2D eigenvalue weighted by atomic mass is 32.1. The molecule has 4 rings (SSSR count). The Kier molecular flexibility index (Phi) is 10.5. The molecule has 0 saturated heterocycles. The molecule has 0 aliphatic heterocycles. The molecule has 0 unspecified atom stereocenters. The fourth-order valence-electron chi connectivity index (χ4n) is 5.22. The van der Waals surface area contributed by atoms with Crippen LogP contribution in [0.2, 0.25) is 0 Å². The molecule has 3 aromatic rings. The van der Waals surface area contributed by atoms with Crippen LogP contribution in [-0.2, 0) is 25.5 Å². The Morgan fingerprint density at radius 1 is 0.930 bits per heavy atom. The summed E-state index contributed by atoms with van der Waals surface area (Å²) in [5, 5.41) is 28.9. The molecule has 0 radical (unpaired) electrons. The lowest BCUT2D eigenvalue weighted by Crippen LogP contribution is -2.56. The Morgan fingerprint density at radius 2 is 1.56 bits per heavy atom. The summed E-state index contributed by atoms with van der Waals surface area (Å²) in [5.41, 5.74) is 6.49. The second-order valence-electron chi connectivity index (χ2n) is 10.9. The lowest BCUT2D eigenvalue weighted by molar-refractivity contribution is -0.140. The number of nitrogens with one attached hydrogen (secondary N) is 3. The number of carbonyl (C=O) groups excluding carboxylic acids is 3. The van der Waals surface area contributed by atoms with Crippen molar-refractivity contribution in [3.8, 4) is 11.1 Å². The number of aliphatic hydroxyl groups excluding tert-OH is 1. The molecule has 0 fully saturated rings. The summed E-state index contributed by atoms with van der Waals surface area (Å²) in [6.07, 6.45) is -2.56. The SMILES string of the molecule is CC(C)[C@@H](NC(=O)[C@@H](C)NC(=O)[C@@H](Cc1cscn1)NC(=O)OCC1c2ccccc2-c2ccccc21)[C@@H](O)CC(=O)O. The number of benzene rings is 2. The van der Waals surface area contributed by atoms with Gasteiger partial charge in [0.05, 0.1) is 29.8 Å². The number of aliphatic carboxylic acids is 1. The van der Waals surface area contributed by atoms with E-state index in [4.69, 9.17) is 9.84 Å². The van der Waals surface area contributed by atoms with E-state index in [0.29, 0.717) is 5.69 Å². The van der Waals surface area contributed by atoms with Gasteiger partial charge in [-0.25, -0.2) is 9.78 Å². The summed E-state index contributed by atoms with van der Waals surface area (Å²) in [4.78, 5) is 54.4. The van der Waals surface area contributed by atoms with Crippen molar-refractivity contribution in [1.82, 2.24) is 20.9 Å². The molecule has 0 spiro atoms. The Balaban J connectivity index is 1.40. The Labute approximate surface area is 253 Å². The van der Waals surface area contributed by atoms with E-state index in [2.05, 4.69) is 20.9 Å². The van der Waals surface area contributed by atoms with Crippen molar-refractivity contribution in [2.24, 2.45) is 5.92 Å². The molecule has 0 bridgehead atoms. The average molecular weight is 609 g/mol. The molecular formula is C31H36N4O7S. The van der Waals surface area contributed by atoms with Crippen molar-refractivity contribution in [2.75, 3.05) is 6.61 Å². The van der Waals surface area contributed by atoms with Crippen molar-refractivity contribution in [2.45, 2.75) is 63.8 Å². The van der Waals surface area contributed by atoms with Gasteiger partial charge in [0.2, 0.25) is 11.8 Å². The van der Waals surface area contributed by atoms with Gasteiger partial charge in [0.25, 0.3) is 0 Å². The summed E-state index contributed by atoms with van der Waals surface area (Å²) >= 11 is 1.34. The third-order valence-electron chi connectivity index (χ3n) is 7.43. The summed E-state index contributed by atoms with van der Waals surface area (Å²) in [5.74, 6) is -2.86. The zero-order valence-corrected chi connectivity index (χ0v) is 25.0. The van der Waals surface area contributed by atoms with Crippen LogP contribution in [0.4, 0.5) is 4.79 Å². The number of carboxylic acids is 1. The monoisotopic (exact) mass is 608 g/mol. The highest BCUT2D eigenvalue weighted by Gasteiger charge is 2.32. The van der Waals surface area contributed by atoms with E-state index >= 15 is 0 Å². The van der Waals surface area contributed by atoms with E-state index < -0.39 is 54.5 Å². The number of carbonyl (C=O) groups is 4. The van der Waals surface area contributed by atoms with Crippen LogP contribution in [-0.4, -0.2) is 69.9 Å². The molecule has 43 heavy (non-hydrogen) atoms. The predicted molar refractivity (Wildman–Crippen MR) is 160 cm³/mol. The van der Waals surface area contributed by atoms with Crippen LogP contribution in [0, 0.1) is 5.92 Å². The van der Waals surface area contributed by atoms with E-state index in [-0.39, 0.29) is 24.9 Å². The molecule has 4 atom stereocenters. The van der Waals surface area contributed by atoms with Crippen molar-refractivity contribution in [3.63, 3.8) is 0 Å². The van der Waals surface area contributed by atoms with Crippen molar-refractivity contribution >= 4 is 35.2 Å². The molecule has 1 aliphatic carbocycles. The number of alkyl carbamates (subject to hydrolysis) is 1. The largest absolute Gasteiger partial charge is 0.481 e. The zero-order chi connectivity index (χ0) is 31.1. The molecule has 0 saturated carbocycles. The number of aromatic nitrogens is 1. The topological polar surface area (TPSA) is 167 Å². The maximum Gasteiger partial charge on any atom is 0.407 e. The number of amides is 3. The quantitative estimate of drug-likeness (QED) is 0.197. The van der Waals surface area contributed by atoms with Gasteiger partial charge in [-0.2, -0.15) is 0 Å². The molecule has 1 heterocycles. The first kappa shape index (κ1) is 31.6. The first-order valence-electron chi connectivity index (χ1n) is 14.0. The number of nitrogens with zero attached hydrogens (tertiary/aromatic N) is 1. The van der Waals surface area contributed by atoms with Crippen LogP contribution >= 0.6 is 11.3 Å². The molecule has 228 valence electrons. The fourth-order valence-corrected chi connectivity index (χ4v) is 5.79. The van der Waals surface area contributed by atoms with E-state index in [0.717, 1.165) is 22.3 Å². The second-order valence-corrected chi connectivity index (χ2v) is 11.6. The Morgan fingerprint density at radius 3 is 2.12 bits per heavy atom. The Hall–Kier alpha value is -4.29. The standard InChI is InChI=1S/C31H36N4O7S/c1-17(2)28(26(36)13-27(37)38)35-29(39)18(3)33-30(40)25(12-19-15-43-16-32-19)34-31(41)42-14-24-22-10-6-4-8-20(22)21-9-5-7-11-23(21)24/h4-11,15-18,24-26,28,36H,12-14H2,1-3H3,(H,33,40)(H,34,41)(H,35,39)(H,37,38)/t18-,25-,26+,28-/m1/s1. The third kappa shape index (κ3) is 7.96. The number of ether oxygens (including phenoxy) is 1. The van der Waals surface area contributed by atoms with Gasteiger partial charge in [-0.15, -0.1) is 11.3 Å². The zero-order valence-electron chi connectivity index (χ0n) is 24.2. The van der Waals surface area contributed by atoms with Gasteiger partial charge in [-0.3, -0.25) is 14.4 Å². The molecule has 2 aromatic carbocycles. The van der Waals surface area contributed by atoms with Gasteiger partial charge >= 0.3 is 12.1 Å². The number of carboxylic acid groups (broad SMARTS) is 1. The molecule has 5 N–H and O–H groups in total. The summed E-state index contributed by atoms with van der Waals surface area (Å²) in [7, 11) is 0. The highest BCUT2D eigenvalue weighted by molar-refractivity contribution is 7.07. The summed E-state index contributed by atoms with van der Waals surface area (Å²) in [6.45, 7) is 5.00. The smallest absolute Gasteiger partial charge is 0.407 e. The van der Waals surface area contributed by atoms with Gasteiger partial charge in [-0.1, -0.05) is 62.4 Å². The first-order valence-corrected chi connectivity index (χ1v) is 15.0. The second kappa shape index (κ2) is 14.3. The van der Waals surface area contributed by atoms with E-state index in [1.165, 1.54) is 18.3 Å². The van der Waals surface area contributed by atoms with Crippen molar-refractivity contribution in [1.29, 1.82) is 0 Å². The maximum absolute atomic E-state index is 13.3. The van der Waals surface area contributed by atoms with Crippen LogP contribution in [0.15, 0.2) is 59.4 Å². The van der Waals surface area contributed by atoms with E-state index in [1.807, 2.05) is 48.5 Å². The van der Waals surface area contributed by atoms with Crippen LogP contribution < -0.4 is 16.0 Å². The van der Waals surface area contributed by atoms with Gasteiger partial charge in [0.1, 0.15) is 18.7 Å². The number of rotatable bonds is 13. The Bertz CT molecular complexity index is 1400. The van der Waals surface area contributed by atoms with Crippen LogP contribution in [0.25, 0.3) is 11.1 Å². The molecule has 11 nitrogen and oxygen atoms in total. The number of thiazole rings is 1. The fraction of sp³-hybridized carbons (Fsp3) is 0.387. The molecule has 1 aromatic heterocycles. The molecule has 3 amide bonds. The van der Waals surface area contributed by atoms with Crippen molar-refractivity contribution < 1.29 is 34.1 Å². The first-order chi connectivity index (χ1) is 20.5. The average Bonchev–Trinajstić information content (AvgIpc) is 3.59. The third-order valence-corrected chi connectivity index (χ3v) is 8.06. The lowest BCUT2D eigenvalue weighted by atomic mass is 9.96. The minimum Gasteiger partial charge on any atom is -0.481 e. The summed E-state index contributed by atoms with van der Waals surface area (Å²) in [6, 6.07) is 12.9. The molecule has 1 aliphatic rings. The van der Waals surface area contributed by atoms with Crippen LogP contribution in [0.1, 0.15) is 49.9 Å². The molecular weight excluding hydrogens is 572 g/mol. The van der Waals surface area contributed by atoms with Crippen LogP contribution in [0.3, 0.4) is 0 Å². The number of hydrogen-bond donors (Lipinski definition) is 5. The number of fused-ring (bicyclic) bond motifs is 3. The van der Waals surface area contributed by atoms with E-state index in [9.17, 15) is 24.3 Å². The maximum atomic E-state index is 13.3. The van der Waals surface area contributed by atoms with Gasteiger partial charge < -0.3 is 30.9 Å². The predicted octanol–water partition coefficient (Wildman–Crippen LogP) is 3.07. The van der Waals surface area contributed by atoms with Crippen molar-refractivity contribution in [3.05, 3.63) is 76.2 Å². The highest BCUT2D eigenvalue weighted by Crippen LogP contribution is 2.44. The summed E-state index contributed by atoms with van der Waals surface area (Å²) < 4.78 is 5.63. The van der Waals surface area contributed by atoms with Gasteiger partial charge in [-0.05, 0) is 35.1 Å². The molecule has 12 heteroatoms. The number of hydrogen-bond acceptors (Lipinski definition) is 8. The minimum atomic E-state index is -1.31. The van der Waals surface area contributed by atoms with Gasteiger partial charge in [0, 0.05) is 17.7 Å².